The Labute approximate surface area is 92.9 Å². The number of carbonyl (C=O) groups is 3. The van der Waals surface area contributed by atoms with Crippen LogP contribution in [0.3, 0.4) is 0 Å². The molecule has 0 aliphatic rings. The molecule has 2 atom stereocenters. The van der Waals surface area contributed by atoms with E-state index in [2.05, 4.69) is 0 Å². The van der Waals surface area contributed by atoms with Gasteiger partial charge in [-0.3, -0.25) is 14.4 Å². The summed E-state index contributed by atoms with van der Waals surface area (Å²) in [5.41, 5.74) is -1.54. The molecule has 0 radical (unpaired) electrons. The Hall–Kier alpha value is -1.59. The van der Waals surface area contributed by atoms with Gasteiger partial charge >= 0.3 is 17.9 Å². The van der Waals surface area contributed by atoms with E-state index in [1.165, 1.54) is 6.92 Å². The van der Waals surface area contributed by atoms with Gasteiger partial charge in [-0.25, -0.2) is 0 Å². The van der Waals surface area contributed by atoms with Crippen molar-refractivity contribution in [2.45, 2.75) is 33.1 Å². The second kappa shape index (κ2) is 5.48. The van der Waals surface area contributed by atoms with Gasteiger partial charge in [0.2, 0.25) is 0 Å². The highest BCUT2D eigenvalue weighted by Crippen LogP contribution is 2.32. The number of aliphatic carboxylic acids is 3. The molecular weight excluding hydrogens is 216 g/mol. The fourth-order valence-corrected chi connectivity index (χ4v) is 1.52. The zero-order valence-corrected chi connectivity index (χ0v) is 9.27. The van der Waals surface area contributed by atoms with Crippen molar-refractivity contribution in [3.8, 4) is 0 Å². The predicted octanol–water partition coefficient (Wildman–Crippen LogP) is 1.05. The van der Waals surface area contributed by atoms with Crippen LogP contribution in [-0.2, 0) is 14.4 Å². The third-order valence-corrected chi connectivity index (χ3v) is 2.60. The Bertz CT molecular complexity index is 298. The molecular formula is C10H16O6. The normalized spacial score (nSPS) is 16.1. The van der Waals surface area contributed by atoms with Crippen LogP contribution in [0.15, 0.2) is 0 Å². The van der Waals surface area contributed by atoms with Crippen molar-refractivity contribution in [1.82, 2.24) is 0 Å². The van der Waals surface area contributed by atoms with Gasteiger partial charge in [-0.2, -0.15) is 0 Å². The molecule has 0 aliphatic carbocycles. The van der Waals surface area contributed by atoms with Crippen molar-refractivity contribution in [3.05, 3.63) is 0 Å². The van der Waals surface area contributed by atoms with E-state index in [-0.39, 0.29) is 12.8 Å². The van der Waals surface area contributed by atoms with Crippen molar-refractivity contribution in [2.24, 2.45) is 11.3 Å². The van der Waals surface area contributed by atoms with E-state index in [1.54, 1.807) is 6.92 Å². The van der Waals surface area contributed by atoms with Gasteiger partial charge in [0.15, 0.2) is 0 Å². The summed E-state index contributed by atoms with van der Waals surface area (Å²) in [4.78, 5) is 32.3. The van der Waals surface area contributed by atoms with Gasteiger partial charge in [0, 0.05) is 0 Å². The molecule has 0 bridgehead atoms. The average Bonchev–Trinajstić information content (AvgIpc) is 2.12. The molecule has 0 aromatic heterocycles. The van der Waals surface area contributed by atoms with Gasteiger partial charge < -0.3 is 15.3 Å². The van der Waals surface area contributed by atoms with Crippen molar-refractivity contribution < 1.29 is 29.7 Å². The maximum atomic E-state index is 11.0. The lowest BCUT2D eigenvalue weighted by atomic mass is 9.77. The van der Waals surface area contributed by atoms with E-state index in [4.69, 9.17) is 15.3 Å². The molecule has 0 rings (SSSR count). The minimum absolute atomic E-state index is 0.180. The fourth-order valence-electron chi connectivity index (χ4n) is 1.52. The number of rotatable bonds is 7. The molecule has 0 amide bonds. The summed E-state index contributed by atoms with van der Waals surface area (Å²) in [6.07, 6.45) is -0.482. The van der Waals surface area contributed by atoms with Crippen LogP contribution in [0.1, 0.15) is 33.1 Å². The maximum absolute atomic E-state index is 11.0. The summed E-state index contributed by atoms with van der Waals surface area (Å²) in [7, 11) is 0. The summed E-state index contributed by atoms with van der Waals surface area (Å²) < 4.78 is 0. The van der Waals surface area contributed by atoms with Gasteiger partial charge in [0.25, 0.3) is 0 Å². The molecule has 0 aliphatic heterocycles. The minimum atomic E-state index is -1.54. The Kier molecular flexibility index (Phi) is 4.94. The number of hydrogen-bond donors (Lipinski definition) is 3. The first-order valence-corrected chi connectivity index (χ1v) is 4.91. The second-order valence-electron chi connectivity index (χ2n) is 4.08. The SMILES string of the molecule is CCC(CC(C)(CC(=O)O)C(=O)O)C(=O)O. The Balaban J connectivity index is 4.85. The van der Waals surface area contributed by atoms with Gasteiger partial charge in [-0.15, -0.1) is 0 Å². The Morgan fingerprint density at radius 2 is 1.69 bits per heavy atom. The largest absolute Gasteiger partial charge is 0.481 e. The highest BCUT2D eigenvalue weighted by Gasteiger charge is 2.39. The van der Waals surface area contributed by atoms with Crippen LogP contribution in [-0.4, -0.2) is 33.2 Å². The maximum Gasteiger partial charge on any atom is 0.309 e. The summed E-state index contributed by atoms with van der Waals surface area (Å²) in [6.45, 7) is 2.89. The lowest BCUT2D eigenvalue weighted by Gasteiger charge is -2.25. The van der Waals surface area contributed by atoms with Gasteiger partial charge in [-0.05, 0) is 19.8 Å². The first-order valence-electron chi connectivity index (χ1n) is 4.91. The third kappa shape index (κ3) is 3.88. The first kappa shape index (κ1) is 14.4. The van der Waals surface area contributed by atoms with Gasteiger partial charge in [0.05, 0.1) is 17.8 Å². The molecule has 92 valence electrons. The molecule has 0 aromatic carbocycles. The molecule has 6 nitrogen and oxygen atoms in total. The van der Waals surface area contributed by atoms with Crippen LogP contribution in [0.25, 0.3) is 0 Å². The zero-order valence-electron chi connectivity index (χ0n) is 9.27. The van der Waals surface area contributed by atoms with Crippen molar-refractivity contribution in [1.29, 1.82) is 0 Å². The number of hydrogen-bond acceptors (Lipinski definition) is 3. The van der Waals surface area contributed by atoms with Crippen LogP contribution in [0, 0.1) is 11.3 Å². The van der Waals surface area contributed by atoms with Crippen LogP contribution >= 0.6 is 0 Å². The predicted molar refractivity (Wildman–Crippen MR) is 54.0 cm³/mol. The molecule has 0 spiro atoms. The van der Waals surface area contributed by atoms with Gasteiger partial charge in [-0.1, -0.05) is 6.92 Å². The zero-order chi connectivity index (χ0) is 12.9. The minimum Gasteiger partial charge on any atom is -0.481 e. The van der Waals surface area contributed by atoms with Crippen LogP contribution in [0.2, 0.25) is 0 Å². The molecule has 16 heavy (non-hydrogen) atoms. The molecule has 0 heterocycles. The summed E-state index contributed by atoms with van der Waals surface area (Å²) in [6, 6.07) is 0. The van der Waals surface area contributed by atoms with Crippen molar-refractivity contribution in [3.63, 3.8) is 0 Å². The molecule has 0 saturated carbocycles. The van der Waals surface area contributed by atoms with E-state index >= 15 is 0 Å². The number of carboxylic acids is 3. The molecule has 0 saturated heterocycles. The quantitative estimate of drug-likeness (QED) is 0.604. The van der Waals surface area contributed by atoms with Crippen molar-refractivity contribution >= 4 is 17.9 Å². The second-order valence-corrected chi connectivity index (χ2v) is 4.08. The third-order valence-electron chi connectivity index (χ3n) is 2.60. The fraction of sp³-hybridized carbons (Fsp3) is 0.700. The van der Waals surface area contributed by atoms with Crippen LogP contribution in [0.4, 0.5) is 0 Å². The standard InChI is InChI=1S/C10H16O6/c1-3-6(8(13)14)4-10(2,9(15)16)5-7(11)12/h6H,3-5H2,1-2H3,(H,11,12)(H,13,14)(H,15,16). The van der Waals surface area contributed by atoms with Crippen LogP contribution in [0.5, 0.6) is 0 Å². The van der Waals surface area contributed by atoms with E-state index in [0.29, 0.717) is 0 Å². The molecule has 0 fully saturated rings. The Morgan fingerprint density at radius 3 is 1.94 bits per heavy atom. The molecule has 3 N–H and O–H groups in total. The topological polar surface area (TPSA) is 112 Å². The summed E-state index contributed by atoms with van der Waals surface area (Å²) >= 11 is 0. The van der Waals surface area contributed by atoms with E-state index in [1.807, 2.05) is 0 Å². The lowest BCUT2D eigenvalue weighted by molar-refractivity contribution is -0.157. The highest BCUT2D eigenvalue weighted by atomic mass is 16.4. The molecule has 0 aromatic rings. The van der Waals surface area contributed by atoms with Crippen LogP contribution < -0.4 is 0 Å². The van der Waals surface area contributed by atoms with E-state index in [0.717, 1.165) is 0 Å². The molecule has 2 unspecified atom stereocenters. The van der Waals surface area contributed by atoms with E-state index < -0.39 is 35.7 Å². The smallest absolute Gasteiger partial charge is 0.309 e. The van der Waals surface area contributed by atoms with Crippen molar-refractivity contribution in [2.75, 3.05) is 0 Å². The molecule has 6 heteroatoms. The van der Waals surface area contributed by atoms with E-state index in [9.17, 15) is 14.4 Å². The highest BCUT2D eigenvalue weighted by molar-refractivity contribution is 5.82. The number of carboxylic acid groups (broad SMARTS) is 3. The lowest BCUT2D eigenvalue weighted by Crippen LogP contribution is -2.34. The van der Waals surface area contributed by atoms with Gasteiger partial charge in [0.1, 0.15) is 0 Å². The Morgan fingerprint density at radius 1 is 1.19 bits per heavy atom. The monoisotopic (exact) mass is 232 g/mol. The summed E-state index contributed by atoms with van der Waals surface area (Å²) in [5.74, 6) is -4.46. The average molecular weight is 232 g/mol. The first-order chi connectivity index (χ1) is 7.23. The summed E-state index contributed by atoms with van der Waals surface area (Å²) in [5, 5.41) is 26.4.